The maximum atomic E-state index is 12.7. The average molecular weight is 353 g/mol. The molecule has 0 bridgehead atoms. The van der Waals surface area contributed by atoms with Gasteiger partial charge in [-0.25, -0.2) is 4.98 Å². The Morgan fingerprint density at radius 1 is 1.23 bits per heavy atom. The summed E-state index contributed by atoms with van der Waals surface area (Å²) in [6.45, 7) is 2.42. The van der Waals surface area contributed by atoms with E-state index in [0.29, 0.717) is 54.4 Å². The third kappa shape index (κ3) is 2.88. The van der Waals surface area contributed by atoms with E-state index < -0.39 is 4.92 Å². The number of rotatable bonds is 3. The van der Waals surface area contributed by atoms with Gasteiger partial charge >= 0.3 is 0 Å². The van der Waals surface area contributed by atoms with E-state index in [1.54, 1.807) is 24.4 Å². The van der Waals surface area contributed by atoms with Gasteiger partial charge < -0.3 is 9.64 Å². The molecule has 0 saturated carbocycles. The Labute approximate surface area is 147 Å². The lowest BCUT2D eigenvalue weighted by Crippen LogP contribution is -2.38. The zero-order chi connectivity index (χ0) is 18.1. The van der Waals surface area contributed by atoms with Crippen molar-refractivity contribution in [1.82, 2.24) is 15.0 Å². The predicted octanol–water partition coefficient (Wildman–Crippen LogP) is 1.73. The van der Waals surface area contributed by atoms with Crippen LogP contribution >= 0.6 is 0 Å². The molecular weight excluding hydrogens is 338 g/mol. The molecule has 0 atom stereocenters. The summed E-state index contributed by atoms with van der Waals surface area (Å²) in [4.78, 5) is 36.7. The quantitative estimate of drug-likeness (QED) is 0.563. The highest BCUT2D eigenvalue weighted by Crippen LogP contribution is 2.27. The number of anilines is 1. The number of benzene rings is 1. The number of nitrogens with zero attached hydrogens (tertiary/aromatic N) is 4. The van der Waals surface area contributed by atoms with Crippen molar-refractivity contribution in [1.29, 1.82) is 0 Å². The van der Waals surface area contributed by atoms with Gasteiger partial charge in [-0.2, -0.15) is 4.98 Å². The van der Waals surface area contributed by atoms with Crippen LogP contribution in [-0.2, 0) is 4.74 Å². The Morgan fingerprint density at radius 2 is 2.04 bits per heavy atom. The highest BCUT2D eigenvalue weighted by molar-refractivity contribution is 5.92. The Hall–Kier alpha value is -3.33. The second-order valence-electron chi connectivity index (χ2n) is 5.85. The van der Waals surface area contributed by atoms with Crippen LogP contribution in [0, 0.1) is 10.1 Å². The third-order valence-corrected chi connectivity index (χ3v) is 4.27. The monoisotopic (exact) mass is 353 g/mol. The Kier molecular flexibility index (Phi) is 4.05. The number of nitro groups is 1. The van der Waals surface area contributed by atoms with Gasteiger partial charge in [0.1, 0.15) is 0 Å². The lowest BCUT2D eigenvalue weighted by atomic mass is 10.0. The van der Waals surface area contributed by atoms with Gasteiger partial charge in [-0.1, -0.05) is 12.1 Å². The molecular formula is C17H15N5O4. The van der Waals surface area contributed by atoms with Crippen LogP contribution in [0.25, 0.3) is 22.2 Å². The number of aromatic amines is 1. The Bertz CT molecular complexity index is 1040. The van der Waals surface area contributed by atoms with Crippen molar-refractivity contribution in [3.8, 4) is 11.1 Å². The number of fused-ring (bicyclic) bond motifs is 1. The van der Waals surface area contributed by atoms with Gasteiger partial charge in [0.2, 0.25) is 5.95 Å². The number of pyridine rings is 1. The SMILES string of the molecule is O=c1[nH]c(N2CCOCC2)nc2nccc(-c3cccc([N+](=O)[O-])c3)c12. The van der Waals surface area contributed by atoms with E-state index in [1.807, 2.05) is 4.90 Å². The van der Waals surface area contributed by atoms with Crippen molar-refractivity contribution in [3.05, 3.63) is 57.0 Å². The van der Waals surface area contributed by atoms with E-state index in [-0.39, 0.29) is 11.2 Å². The topological polar surface area (TPSA) is 114 Å². The molecule has 0 spiro atoms. The summed E-state index contributed by atoms with van der Waals surface area (Å²) in [6.07, 6.45) is 1.55. The molecule has 4 rings (SSSR count). The van der Waals surface area contributed by atoms with Crippen LogP contribution in [0.5, 0.6) is 0 Å². The maximum Gasteiger partial charge on any atom is 0.270 e. The van der Waals surface area contributed by atoms with Crippen LogP contribution in [0.1, 0.15) is 0 Å². The Morgan fingerprint density at radius 3 is 2.81 bits per heavy atom. The molecule has 0 aliphatic carbocycles. The van der Waals surface area contributed by atoms with Crippen molar-refractivity contribution in [2.75, 3.05) is 31.2 Å². The number of nitrogens with one attached hydrogen (secondary N) is 1. The van der Waals surface area contributed by atoms with Gasteiger partial charge in [0, 0.05) is 37.0 Å². The molecule has 0 unspecified atom stereocenters. The number of hydrogen-bond donors (Lipinski definition) is 1. The van der Waals surface area contributed by atoms with Crippen molar-refractivity contribution >= 4 is 22.7 Å². The molecule has 3 heterocycles. The normalized spacial score (nSPS) is 14.5. The minimum atomic E-state index is -0.466. The number of morpholine rings is 1. The first kappa shape index (κ1) is 16.2. The molecule has 3 aromatic rings. The molecule has 1 N–H and O–H groups in total. The molecule has 1 saturated heterocycles. The van der Waals surface area contributed by atoms with Crippen molar-refractivity contribution in [3.63, 3.8) is 0 Å². The van der Waals surface area contributed by atoms with Crippen molar-refractivity contribution in [2.45, 2.75) is 0 Å². The van der Waals surface area contributed by atoms with E-state index in [1.165, 1.54) is 12.1 Å². The van der Waals surface area contributed by atoms with Gasteiger partial charge in [-0.3, -0.25) is 19.9 Å². The first-order chi connectivity index (χ1) is 12.6. The minimum Gasteiger partial charge on any atom is -0.378 e. The number of aromatic nitrogens is 3. The summed E-state index contributed by atoms with van der Waals surface area (Å²) in [5.74, 6) is 0.453. The van der Waals surface area contributed by atoms with Gasteiger partial charge in [0.15, 0.2) is 5.65 Å². The largest absolute Gasteiger partial charge is 0.378 e. The summed E-state index contributed by atoms with van der Waals surface area (Å²) in [5, 5.41) is 11.3. The molecule has 2 aromatic heterocycles. The zero-order valence-electron chi connectivity index (χ0n) is 13.7. The van der Waals surface area contributed by atoms with Gasteiger partial charge in [0.25, 0.3) is 11.2 Å². The molecule has 1 aromatic carbocycles. The molecule has 1 aliphatic rings. The first-order valence-corrected chi connectivity index (χ1v) is 8.10. The van der Waals surface area contributed by atoms with Gasteiger partial charge in [0.05, 0.1) is 23.5 Å². The fraction of sp³-hybridized carbons (Fsp3) is 0.235. The third-order valence-electron chi connectivity index (χ3n) is 4.27. The van der Waals surface area contributed by atoms with Crippen molar-refractivity contribution in [2.24, 2.45) is 0 Å². The second-order valence-corrected chi connectivity index (χ2v) is 5.85. The van der Waals surface area contributed by atoms with Crippen molar-refractivity contribution < 1.29 is 9.66 Å². The van der Waals surface area contributed by atoms with Crippen LogP contribution in [-0.4, -0.2) is 46.2 Å². The fourth-order valence-electron chi connectivity index (χ4n) is 3.00. The second kappa shape index (κ2) is 6.52. The smallest absolute Gasteiger partial charge is 0.270 e. The van der Waals surface area contributed by atoms with Gasteiger partial charge in [-0.15, -0.1) is 0 Å². The molecule has 9 heteroatoms. The van der Waals surface area contributed by atoms with Crippen LogP contribution in [0.15, 0.2) is 41.3 Å². The average Bonchev–Trinajstić information content (AvgIpc) is 2.68. The van der Waals surface area contributed by atoms with E-state index in [4.69, 9.17) is 4.74 Å². The number of nitro benzene ring substituents is 1. The Balaban J connectivity index is 1.86. The van der Waals surface area contributed by atoms with E-state index in [0.717, 1.165) is 0 Å². The van der Waals surface area contributed by atoms with Crippen LogP contribution in [0.2, 0.25) is 0 Å². The lowest BCUT2D eigenvalue weighted by Gasteiger charge is -2.27. The lowest BCUT2D eigenvalue weighted by molar-refractivity contribution is -0.384. The van der Waals surface area contributed by atoms with Crippen LogP contribution in [0.4, 0.5) is 11.6 Å². The highest BCUT2D eigenvalue weighted by atomic mass is 16.6. The molecule has 1 fully saturated rings. The summed E-state index contributed by atoms with van der Waals surface area (Å²) in [5.41, 5.74) is 1.06. The first-order valence-electron chi connectivity index (χ1n) is 8.10. The fourth-order valence-corrected chi connectivity index (χ4v) is 3.00. The maximum absolute atomic E-state index is 12.7. The van der Waals surface area contributed by atoms with Gasteiger partial charge in [-0.05, 0) is 11.6 Å². The number of hydrogen-bond acceptors (Lipinski definition) is 7. The van der Waals surface area contributed by atoms with Crippen LogP contribution in [0.3, 0.4) is 0 Å². The summed E-state index contributed by atoms with van der Waals surface area (Å²) >= 11 is 0. The standard InChI is InChI=1S/C17H15N5O4/c23-16-14-13(11-2-1-3-12(10-11)22(24)25)4-5-18-15(14)19-17(20-16)21-6-8-26-9-7-21/h1-5,10H,6-9H2,(H,18,19,20,23). The molecule has 132 valence electrons. The molecule has 0 radical (unpaired) electrons. The molecule has 0 amide bonds. The zero-order valence-corrected chi connectivity index (χ0v) is 13.7. The molecule has 1 aliphatic heterocycles. The predicted molar refractivity (Wildman–Crippen MR) is 95.3 cm³/mol. The van der Waals surface area contributed by atoms with E-state index in [9.17, 15) is 14.9 Å². The number of non-ortho nitro benzene ring substituents is 1. The number of H-pyrrole nitrogens is 1. The summed E-state index contributed by atoms with van der Waals surface area (Å²) < 4.78 is 5.31. The van der Waals surface area contributed by atoms with E-state index in [2.05, 4.69) is 15.0 Å². The summed E-state index contributed by atoms with van der Waals surface area (Å²) in [7, 11) is 0. The minimum absolute atomic E-state index is 0.0400. The van der Waals surface area contributed by atoms with Crippen LogP contribution < -0.4 is 10.5 Å². The molecule has 26 heavy (non-hydrogen) atoms. The molecule has 9 nitrogen and oxygen atoms in total. The highest BCUT2D eigenvalue weighted by Gasteiger charge is 2.18. The van der Waals surface area contributed by atoms with E-state index >= 15 is 0 Å². The summed E-state index contributed by atoms with van der Waals surface area (Å²) in [6, 6.07) is 7.81. The number of ether oxygens (including phenoxy) is 1.